The van der Waals surface area contributed by atoms with Crippen molar-refractivity contribution in [3.8, 4) is 0 Å². The zero-order chi connectivity index (χ0) is 8.32. The van der Waals surface area contributed by atoms with Gasteiger partial charge in [0, 0.05) is 7.11 Å². The minimum Gasteiger partial charge on any atom is -0.387 e. The number of ether oxygens (including phenoxy) is 1. The molecule has 0 amide bonds. The van der Waals surface area contributed by atoms with Crippen LogP contribution in [0.5, 0.6) is 0 Å². The van der Waals surface area contributed by atoms with Crippen LogP contribution in [0.4, 0.5) is 0 Å². The van der Waals surface area contributed by atoms with Gasteiger partial charge < -0.3 is 9.84 Å². The molecule has 2 heteroatoms. The van der Waals surface area contributed by atoms with E-state index in [9.17, 15) is 5.11 Å². The minimum absolute atomic E-state index is 0.0706. The highest BCUT2D eigenvalue weighted by Gasteiger charge is 2.37. The van der Waals surface area contributed by atoms with Crippen molar-refractivity contribution in [2.75, 3.05) is 7.11 Å². The summed E-state index contributed by atoms with van der Waals surface area (Å²) in [6, 6.07) is 0. The first kappa shape index (κ1) is 9.01. The van der Waals surface area contributed by atoms with Gasteiger partial charge in [-0.05, 0) is 19.3 Å². The van der Waals surface area contributed by atoms with Crippen LogP contribution in [0, 0.1) is 0 Å². The summed E-state index contributed by atoms with van der Waals surface area (Å²) in [7, 11) is 1.69. The summed E-state index contributed by atoms with van der Waals surface area (Å²) < 4.78 is 5.25. The number of rotatable bonds is 2. The predicted molar refractivity (Wildman–Crippen MR) is 44.5 cm³/mol. The van der Waals surface area contributed by atoms with Gasteiger partial charge in [-0.25, -0.2) is 0 Å². The topological polar surface area (TPSA) is 29.5 Å². The molecule has 66 valence electrons. The molecule has 1 aliphatic carbocycles. The zero-order valence-electron chi connectivity index (χ0n) is 7.47. The summed E-state index contributed by atoms with van der Waals surface area (Å²) in [6.45, 7) is 2.03. The van der Waals surface area contributed by atoms with Crippen LogP contribution >= 0.6 is 0 Å². The van der Waals surface area contributed by atoms with Crippen LogP contribution in [0.3, 0.4) is 0 Å². The van der Waals surface area contributed by atoms with E-state index in [1.807, 2.05) is 6.92 Å². The monoisotopic (exact) mass is 158 g/mol. The van der Waals surface area contributed by atoms with Crippen molar-refractivity contribution in [2.45, 2.75) is 50.7 Å². The Balaban J connectivity index is 2.57. The van der Waals surface area contributed by atoms with Crippen LogP contribution in [0.15, 0.2) is 0 Å². The van der Waals surface area contributed by atoms with Crippen LogP contribution in [0.2, 0.25) is 0 Å². The van der Waals surface area contributed by atoms with Crippen LogP contribution in [0.25, 0.3) is 0 Å². The van der Waals surface area contributed by atoms with Crippen LogP contribution in [-0.2, 0) is 4.74 Å². The van der Waals surface area contributed by atoms with E-state index in [0.717, 1.165) is 25.7 Å². The quantitative estimate of drug-likeness (QED) is 0.663. The molecule has 0 spiro atoms. The molecule has 0 saturated heterocycles. The molecule has 0 aromatic rings. The molecular formula is C9H18O2. The first-order valence-electron chi connectivity index (χ1n) is 4.48. The van der Waals surface area contributed by atoms with E-state index in [1.54, 1.807) is 7.11 Å². The Morgan fingerprint density at radius 1 is 1.55 bits per heavy atom. The van der Waals surface area contributed by atoms with Gasteiger partial charge in [-0.1, -0.05) is 19.8 Å². The lowest BCUT2D eigenvalue weighted by Crippen LogP contribution is -2.45. The molecule has 0 radical (unpaired) electrons. The maximum absolute atomic E-state index is 10.0. The van der Waals surface area contributed by atoms with Crippen LogP contribution in [-0.4, -0.2) is 23.9 Å². The Morgan fingerprint density at radius 3 is 2.73 bits per heavy atom. The number of aliphatic hydroxyl groups is 1. The van der Waals surface area contributed by atoms with Crippen LogP contribution in [0.1, 0.15) is 39.0 Å². The van der Waals surface area contributed by atoms with Gasteiger partial charge in [0.1, 0.15) is 0 Å². The fraction of sp³-hybridized carbons (Fsp3) is 1.00. The van der Waals surface area contributed by atoms with Gasteiger partial charge in [0.25, 0.3) is 0 Å². The van der Waals surface area contributed by atoms with Crippen LogP contribution < -0.4 is 0 Å². The lowest BCUT2D eigenvalue weighted by Gasteiger charge is -2.38. The molecule has 2 unspecified atom stereocenters. The Labute approximate surface area is 68.6 Å². The zero-order valence-corrected chi connectivity index (χ0v) is 7.47. The largest absolute Gasteiger partial charge is 0.387 e. The molecule has 0 bridgehead atoms. The molecule has 1 saturated carbocycles. The Hall–Kier alpha value is -0.0800. The molecule has 2 atom stereocenters. The second-order valence-electron chi connectivity index (χ2n) is 3.43. The second-order valence-corrected chi connectivity index (χ2v) is 3.43. The van der Waals surface area contributed by atoms with Gasteiger partial charge in [-0.3, -0.25) is 0 Å². The summed E-state index contributed by atoms with van der Waals surface area (Å²) >= 11 is 0. The molecule has 0 heterocycles. The number of methoxy groups -OCH3 is 1. The van der Waals surface area contributed by atoms with Gasteiger partial charge in [-0.2, -0.15) is 0 Å². The second kappa shape index (κ2) is 3.55. The summed E-state index contributed by atoms with van der Waals surface area (Å²) in [5.74, 6) is 0. The maximum atomic E-state index is 10.0. The summed E-state index contributed by atoms with van der Waals surface area (Å²) in [4.78, 5) is 0. The molecule has 0 aromatic heterocycles. The van der Waals surface area contributed by atoms with E-state index < -0.39 is 5.60 Å². The van der Waals surface area contributed by atoms with E-state index in [4.69, 9.17) is 4.74 Å². The Bertz CT molecular complexity index is 125. The minimum atomic E-state index is -0.535. The van der Waals surface area contributed by atoms with E-state index in [2.05, 4.69) is 0 Å². The third-order valence-electron chi connectivity index (χ3n) is 2.82. The molecule has 1 fully saturated rings. The first-order valence-corrected chi connectivity index (χ1v) is 4.48. The van der Waals surface area contributed by atoms with Crippen molar-refractivity contribution in [1.29, 1.82) is 0 Å². The van der Waals surface area contributed by atoms with E-state index >= 15 is 0 Å². The van der Waals surface area contributed by atoms with Crippen molar-refractivity contribution in [1.82, 2.24) is 0 Å². The first-order chi connectivity index (χ1) is 5.23. The Morgan fingerprint density at radius 2 is 2.27 bits per heavy atom. The molecule has 1 aliphatic rings. The van der Waals surface area contributed by atoms with E-state index in [0.29, 0.717) is 0 Å². The average Bonchev–Trinajstić information content (AvgIpc) is 2.05. The fourth-order valence-electron chi connectivity index (χ4n) is 1.93. The summed E-state index contributed by atoms with van der Waals surface area (Å²) in [6.07, 6.45) is 5.14. The summed E-state index contributed by atoms with van der Waals surface area (Å²) in [5, 5.41) is 10.0. The third-order valence-corrected chi connectivity index (χ3v) is 2.82. The fourth-order valence-corrected chi connectivity index (χ4v) is 1.93. The van der Waals surface area contributed by atoms with E-state index in [1.165, 1.54) is 6.42 Å². The normalized spacial score (nSPS) is 39.0. The SMILES string of the molecule is CCC1(O)CCCCC1OC. The average molecular weight is 158 g/mol. The van der Waals surface area contributed by atoms with Crippen molar-refractivity contribution in [3.05, 3.63) is 0 Å². The standard InChI is InChI=1S/C9H18O2/c1-3-9(10)7-5-4-6-8(9)11-2/h8,10H,3-7H2,1-2H3. The predicted octanol–water partition coefficient (Wildman–Crippen LogP) is 1.72. The summed E-state index contributed by atoms with van der Waals surface area (Å²) in [5.41, 5.74) is -0.535. The number of hydrogen-bond acceptors (Lipinski definition) is 2. The number of hydrogen-bond donors (Lipinski definition) is 1. The highest BCUT2D eigenvalue weighted by molar-refractivity contribution is 4.89. The smallest absolute Gasteiger partial charge is 0.0905 e. The van der Waals surface area contributed by atoms with Gasteiger partial charge in [0.15, 0.2) is 0 Å². The molecular weight excluding hydrogens is 140 g/mol. The lowest BCUT2D eigenvalue weighted by molar-refractivity contribution is -0.118. The maximum Gasteiger partial charge on any atom is 0.0905 e. The van der Waals surface area contributed by atoms with Crippen molar-refractivity contribution in [3.63, 3.8) is 0 Å². The lowest BCUT2D eigenvalue weighted by atomic mass is 9.80. The van der Waals surface area contributed by atoms with Crippen molar-refractivity contribution < 1.29 is 9.84 Å². The van der Waals surface area contributed by atoms with Gasteiger partial charge >= 0.3 is 0 Å². The molecule has 1 rings (SSSR count). The van der Waals surface area contributed by atoms with Gasteiger partial charge in [0.2, 0.25) is 0 Å². The van der Waals surface area contributed by atoms with E-state index in [-0.39, 0.29) is 6.10 Å². The van der Waals surface area contributed by atoms with Gasteiger partial charge in [0.05, 0.1) is 11.7 Å². The highest BCUT2D eigenvalue weighted by Crippen LogP contribution is 2.32. The van der Waals surface area contributed by atoms with Gasteiger partial charge in [-0.15, -0.1) is 0 Å². The van der Waals surface area contributed by atoms with Crippen molar-refractivity contribution in [2.24, 2.45) is 0 Å². The molecule has 0 aromatic carbocycles. The Kier molecular flexibility index (Phi) is 2.90. The highest BCUT2D eigenvalue weighted by atomic mass is 16.5. The molecule has 2 nitrogen and oxygen atoms in total. The molecule has 0 aliphatic heterocycles. The molecule has 1 N–H and O–H groups in total. The third kappa shape index (κ3) is 1.74. The van der Waals surface area contributed by atoms with Crippen molar-refractivity contribution >= 4 is 0 Å². The molecule has 11 heavy (non-hydrogen) atoms.